The molecule has 1 aromatic carbocycles. The van der Waals surface area contributed by atoms with Crippen LogP contribution in [0.1, 0.15) is 25.8 Å². The van der Waals surface area contributed by atoms with Crippen LogP contribution in [0, 0.1) is 18.8 Å². The van der Waals surface area contributed by atoms with E-state index in [9.17, 15) is 4.79 Å². The average Bonchev–Trinajstić information content (AvgIpc) is 2.29. The SMILES string of the molecule is Cc1cc(Br)ccc1NC(=O)C(CN)CC(C)C. The molecule has 0 aliphatic heterocycles. The summed E-state index contributed by atoms with van der Waals surface area (Å²) in [5.74, 6) is 0.361. The maximum atomic E-state index is 12.1. The van der Waals surface area contributed by atoms with E-state index >= 15 is 0 Å². The molecular formula is C14H21BrN2O. The number of carbonyl (C=O) groups excluding carboxylic acids is 1. The van der Waals surface area contributed by atoms with Gasteiger partial charge in [0.15, 0.2) is 0 Å². The van der Waals surface area contributed by atoms with Crippen LogP contribution in [0.15, 0.2) is 22.7 Å². The fraction of sp³-hybridized carbons (Fsp3) is 0.500. The first-order valence-corrected chi connectivity index (χ1v) is 7.00. The van der Waals surface area contributed by atoms with Crippen molar-refractivity contribution in [1.29, 1.82) is 0 Å². The Hall–Kier alpha value is -0.870. The molecule has 0 saturated heterocycles. The number of nitrogens with two attached hydrogens (primary N) is 1. The molecule has 0 fully saturated rings. The molecule has 0 heterocycles. The maximum Gasteiger partial charge on any atom is 0.228 e. The second-order valence-electron chi connectivity index (χ2n) is 5.01. The monoisotopic (exact) mass is 312 g/mol. The molecule has 1 aromatic rings. The maximum absolute atomic E-state index is 12.1. The zero-order valence-electron chi connectivity index (χ0n) is 11.2. The number of anilines is 1. The number of hydrogen-bond donors (Lipinski definition) is 2. The molecule has 0 bridgehead atoms. The van der Waals surface area contributed by atoms with Crippen LogP contribution < -0.4 is 11.1 Å². The third-order valence-electron chi connectivity index (χ3n) is 2.86. The molecule has 0 aliphatic rings. The second kappa shape index (κ2) is 6.90. The molecule has 1 amide bonds. The fourth-order valence-electron chi connectivity index (χ4n) is 1.88. The van der Waals surface area contributed by atoms with Gasteiger partial charge in [0.25, 0.3) is 0 Å². The molecule has 0 spiro atoms. The van der Waals surface area contributed by atoms with Crippen LogP contribution in [0.2, 0.25) is 0 Å². The van der Waals surface area contributed by atoms with Crippen LogP contribution >= 0.6 is 15.9 Å². The summed E-state index contributed by atoms with van der Waals surface area (Å²) in [6, 6.07) is 5.80. The minimum Gasteiger partial charge on any atom is -0.330 e. The van der Waals surface area contributed by atoms with Gasteiger partial charge in [-0.05, 0) is 43.0 Å². The lowest BCUT2D eigenvalue weighted by Gasteiger charge is -2.17. The molecular weight excluding hydrogens is 292 g/mol. The van der Waals surface area contributed by atoms with Gasteiger partial charge in [-0.25, -0.2) is 0 Å². The number of rotatable bonds is 5. The van der Waals surface area contributed by atoms with E-state index in [0.717, 1.165) is 22.1 Å². The van der Waals surface area contributed by atoms with Crippen molar-refractivity contribution < 1.29 is 4.79 Å². The van der Waals surface area contributed by atoms with Gasteiger partial charge in [0.1, 0.15) is 0 Å². The molecule has 3 N–H and O–H groups in total. The summed E-state index contributed by atoms with van der Waals surface area (Å²) in [7, 11) is 0. The van der Waals surface area contributed by atoms with Crippen molar-refractivity contribution in [2.45, 2.75) is 27.2 Å². The number of amides is 1. The molecule has 1 unspecified atom stereocenters. The molecule has 1 rings (SSSR count). The number of hydrogen-bond acceptors (Lipinski definition) is 2. The molecule has 3 nitrogen and oxygen atoms in total. The molecule has 0 saturated carbocycles. The van der Waals surface area contributed by atoms with Gasteiger partial charge in [0.2, 0.25) is 5.91 Å². The van der Waals surface area contributed by atoms with Crippen molar-refractivity contribution >= 4 is 27.5 Å². The Labute approximate surface area is 117 Å². The van der Waals surface area contributed by atoms with Crippen molar-refractivity contribution in [2.75, 3.05) is 11.9 Å². The minimum atomic E-state index is -0.118. The molecule has 0 aliphatic carbocycles. The van der Waals surface area contributed by atoms with Gasteiger partial charge >= 0.3 is 0 Å². The van der Waals surface area contributed by atoms with E-state index in [-0.39, 0.29) is 11.8 Å². The van der Waals surface area contributed by atoms with Crippen LogP contribution in [0.4, 0.5) is 5.69 Å². The Balaban J connectivity index is 2.73. The Kier molecular flexibility index (Phi) is 5.82. The lowest BCUT2D eigenvalue weighted by molar-refractivity contribution is -0.120. The second-order valence-corrected chi connectivity index (χ2v) is 5.93. The van der Waals surface area contributed by atoms with E-state index in [2.05, 4.69) is 35.1 Å². The number of halogens is 1. The van der Waals surface area contributed by atoms with Crippen molar-refractivity contribution in [2.24, 2.45) is 17.6 Å². The van der Waals surface area contributed by atoms with E-state index < -0.39 is 0 Å². The van der Waals surface area contributed by atoms with Gasteiger partial charge in [-0.15, -0.1) is 0 Å². The van der Waals surface area contributed by atoms with Crippen LogP contribution in [0.5, 0.6) is 0 Å². The molecule has 100 valence electrons. The number of carbonyl (C=O) groups is 1. The highest BCUT2D eigenvalue weighted by Crippen LogP contribution is 2.21. The number of benzene rings is 1. The molecule has 4 heteroatoms. The van der Waals surface area contributed by atoms with Crippen LogP contribution in [0.3, 0.4) is 0 Å². The Bertz CT molecular complexity index is 418. The molecule has 1 atom stereocenters. The van der Waals surface area contributed by atoms with Crippen LogP contribution in [-0.4, -0.2) is 12.5 Å². The van der Waals surface area contributed by atoms with Crippen molar-refractivity contribution in [3.05, 3.63) is 28.2 Å². The van der Waals surface area contributed by atoms with Gasteiger partial charge in [0.05, 0.1) is 5.92 Å². The third kappa shape index (κ3) is 4.42. The first kappa shape index (κ1) is 15.2. The Morgan fingerprint density at radius 3 is 2.61 bits per heavy atom. The normalized spacial score (nSPS) is 12.6. The summed E-state index contributed by atoms with van der Waals surface area (Å²) in [5, 5.41) is 2.95. The first-order chi connectivity index (χ1) is 8.43. The zero-order chi connectivity index (χ0) is 13.7. The predicted molar refractivity (Wildman–Crippen MR) is 79.5 cm³/mol. The lowest BCUT2D eigenvalue weighted by atomic mass is 9.96. The van der Waals surface area contributed by atoms with Crippen molar-refractivity contribution in [3.8, 4) is 0 Å². The van der Waals surface area contributed by atoms with Crippen molar-refractivity contribution in [3.63, 3.8) is 0 Å². The van der Waals surface area contributed by atoms with Crippen molar-refractivity contribution in [1.82, 2.24) is 0 Å². The van der Waals surface area contributed by atoms with Gasteiger partial charge in [-0.2, -0.15) is 0 Å². The van der Waals surface area contributed by atoms with Gasteiger partial charge in [-0.1, -0.05) is 29.8 Å². The highest BCUT2D eigenvalue weighted by atomic mass is 79.9. The van der Waals surface area contributed by atoms with E-state index in [1.807, 2.05) is 25.1 Å². The summed E-state index contributed by atoms with van der Waals surface area (Å²) >= 11 is 3.41. The summed E-state index contributed by atoms with van der Waals surface area (Å²) in [5.41, 5.74) is 7.56. The third-order valence-corrected chi connectivity index (χ3v) is 3.35. The minimum absolute atomic E-state index is 0.0108. The lowest BCUT2D eigenvalue weighted by Crippen LogP contribution is -2.30. The van der Waals surface area contributed by atoms with Gasteiger partial charge in [0, 0.05) is 16.7 Å². The first-order valence-electron chi connectivity index (χ1n) is 6.21. The standard InChI is InChI=1S/C14H21BrN2O/c1-9(2)6-11(8-16)14(18)17-13-5-4-12(15)7-10(13)3/h4-5,7,9,11H,6,8,16H2,1-3H3,(H,17,18). The van der Waals surface area contributed by atoms with Crippen LogP contribution in [0.25, 0.3) is 0 Å². The summed E-state index contributed by atoms with van der Waals surface area (Å²) in [6.45, 7) is 6.56. The number of aryl methyl sites for hydroxylation is 1. The highest BCUT2D eigenvalue weighted by molar-refractivity contribution is 9.10. The van der Waals surface area contributed by atoms with Gasteiger partial charge < -0.3 is 11.1 Å². The van der Waals surface area contributed by atoms with Crippen LogP contribution in [-0.2, 0) is 4.79 Å². The molecule has 0 aromatic heterocycles. The fourth-order valence-corrected chi connectivity index (χ4v) is 2.36. The van der Waals surface area contributed by atoms with Gasteiger partial charge in [-0.3, -0.25) is 4.79 Å². The largest absolute Gasteiger partial charge is 0.330 e. The summed E-state index contributed by atoms with van der Waals surface area (Å²) in [4.78, 5) is 12.1. The molecule has 18 heavy (non-hydrogen) atoms. The average molecular weight is 313 g/mol. The zero-order valence-corrected chi connectivity index (χ0v) is 12.8. The van der Waals surface area contributed by atoms with E-state index in [1.165, 1.54) is 0 Å². The predicted octanol–water partition coefficient (Wildman–Crippen LogP) is 3.32. The summed E-state index contributed by atoms with van der Waals surface area (Å²) < 4.78 is 1.01. The van der Waals surface area contributed by atoms with E-state index in [4.69, 9.17) is 5.73 Å². The molecule has 0 radical (unpaired) electrons. The topological polar surface area (TPSA) is 55.1 Å². The Morgan fingerprint density at radius 1 is 1.44 bits per heavy atom. The van der Waals surface area contributed by atoms with E-state index in [0.29, 0.717) is 12.5 Å². The number of nitrogens with one attached hydrogen (secondary N) is 1. The quantitative estimate of drug-likeness (QED) is 0.876. The summed E-state index contributed by atoms with van der Waals surface area (Å²) in [6.07, 6.45) is 0.817. The smallest absolute Gasteiger partial charge is 0.228 e. The van der Waals surface area contributed by atoms with E-state index in [1.54, 1.807) is 0 Å². The highest BCUT2D eigenvalue weighted by Gasteiger charge is 2.18. The Morgan fingerprint density at radius 2 is 2.11 bits per heavy atom.